The van der Waals surface area contributed by atoms with Crippen LogP contribution in [0.5, 0.6) is 5.88 Å². The molecule has 0 unspecified atom stereocenters. The molecule has 0 bridgehead atoms. The zero-order valence-electron chi connectivity index (χ0n) is 7.08. The fourth-order valence-electron chi connectivity index (χ4n) is 0.785. The number of rotatable bonds is 3. The van der Waals surface area contributed by atoms with Gasteiger partial charge in [-0.25, -0.2) is 9.97 Å². The van der Waals surface area contributed by atoms with E-state index in [-0.39, 0.29) is 0 Å². The molecule has 1 heterocycles. The number of aromatic nitrogens is 2. The van der Waals surface area contributed by atoms with E-state index in [1.54, 1.807) is 0 Å². The fourth-order valence-corrected chi connectivity index (χ4v) is 0.785. The summed E-state index contributed by atoms with van der Waals surface area (Å²) in [5.41, 5.74) is 0.457. The van der Waals surface area contributed by atoms with Crippen LogP contribution in [0.3, 0.4) is 0 Å². The van der Waals surface area contributed by atoms with E-state index in [0.717, 1.165) is 0 Å². The molecule has 0 aliphatic heterocycles. The number of methoxy groups -OCH3 is 1. The van der Waals surface area contributed by atoms with Gasteiger partial charge in [-0.2, -0.15) is 0 Å². The molecular formula is C7H9BN2O3. The van der Waals surface area contributed by atoms with Gasteiger partial charge >= 0.3 is 7.12 Å². The second-order valence-corrected chi connectivity index (χ2v) is 2.22. The van der Waals surface area contributed by atoms with E-state index in [1.807, 2.05) is 0 Å². The minimum Gasteiger partial charge on any atom is -0.479 e. The number of hydrogen-bond acceptors (Lipinski definition) is 5. The highest BCUT2D eigenvalue weighted by Gasteiger charge is 2.03. The largest absolute Gasteiger partial charge is 0.480 e. The zero-order chi connectivity index (χ0) is 9.68. The molecule has 0 amide bonds. The summed E-state index contributed by atoms with van der Waals surface area (Å²) in [6.07, 6.45) is 4.41. The molecule has 5 nitrogen and oxygen atoms in total. The Morgan fingerprint density at radius 2 is 2.08 bits per heavy atom. The SMILES string of the molecule is COc1nccnc1/C=C/B(O)O. The third kappa shape index (κ3) is 2.85. The number of hydrogen-bond donors (Lipinski definition) is 2. The fraction of sp³-hybridized carbons (Fsp3) is 0.143. The molecule has 0 saturated carbocycles. The molecule has 13 heavy (non-hydrogen) atoms. The maximum Gasteiger partial charge on any atom is 0.480 e. The molecule has 2 N–H and O–H groups in total. The van der Waals surface area contributed by atoms with E-state index < -0.39 is 7.12 Å². The van der Waals surface area contributed by atoms with Crippen LogP contribution in [0.2, 0.25) is 0 Å². The Bertz CT molecular complexity index is 304. The topological polar surface area (TPSA) is 75.5 Å². The highest BCUT2D eigenvalue weighted by molar-refractivity contribution is 6.48. The molecule has 1 rings (SSSR count). The number of ether oxygens (including phenoxy) is 1. The predicted molar refractivity (Wildman–Crippen MR) is 47.8 cm³/mol. The minimum atomic E-state index is -1.49. The van der Waals surface area contributed by atoms with Crippen molar-refractivity contribution in [1.82, 2.24) is 9.97 Å². The lowest BCUT2D eigenvalue weighted by Gasteiger charge is -2.00. The molecule has 0 saturated heterocycles. The van der Waals surface area contributed by atoms with Gasteiger partial charge in [-0.1, -0.05) is 5.98 Å². The van der Waals surface area contributed by atoms with Crippen LogP contribution in [-0.4, -0.2) is 34.2 Å². The van der Waals surface area contributed by atoms with Crippen molar-refractivity contribution in [1.29, 1.82) is 0 Å². The van der Waals surface area contributed by atoms with Gasteiger partial charge in [0.2, 0.25) is 5.88 Å². The molecule has 0 aromatic carbocycles. The van der Waals surface area contributed by atoms with Crippen LogP contribution in [0.1, 0.15) is 5.69 Å². The smallest absolute Gasteiger partial charge is 0.479 e. The molecule has 0 atom stereocenters. The molecule has 0 radical (unpaired) electrons. The molecule has 0 fully saturated rings. The second-order valence-electron chi connectivity index (χ2n) is 2.22. The van der Waals surface area contributed by atoms with Gasteiger partial charge in [-0.05, 0) is 6.08 Å². The van der Waals surface area contributed by atoms with Crippen molar-refractivity contribution in [2.24, 2.45) is 0 Å². The van der Waals surface area contributed by atoms with Crippen molar-refractivity contribution in [3.63, 3.8) is 0 Å². The minimum absolute atomic E-state index is 0.347. The third-order valence-electron chi connectivity index (χ3n) is 1.31. The zero-order valence-corrected chi connectivity index (χ0v) is 7.08. The second kappa shape index (κ2) is 4.59. The first-order valence-electron chi connectivity index (χ1n) is 3.63. The summed E-state index contributed by atoms with van der Waals surface area (Å²) >= 11 is 0. The first-order valence-corrected chi connectivity index (χ1v) is 3.63. The standard InChI is InChI=1S/C7H9BN2O3/c1-13-7-6(2-3-8(11)12)9-4-5-10-7/h2-5,11-12H,1H3/b3-2+. The van der Waals surface area contributed by atoms with Crippen LogP contribution in [0.15, 0.2) is 18.4 Å². The average Bonchev–Trinajstić information content (AvgIpc) is 2.15. The van der Waals surface area contributed by atoms with Crippen LogP contribution in [-0.2, 0) is 0 Å². The highest BCUT2D eigenvalue weighted by Crippen LogP contribution is 2.11. The van der Waals surface area contributed by atoms with Gasteiger partial charge in [0.25, 0.3) is 0 Å². The van der Waals surface area contributed by atoms with Crippen molar-refractivity contribution < 1.29 is 14.8 Å². The predicted octanol–water partition coefficient (Wildman–Crippen LogP) is -0.490. The summed E-state index contributed by atoms with van der Waals surface area (Å²) in [7, 11) is -0.0248. The summed E-state index contributed by atoms with van der Waals surface area (Å²) in [5, 5.41) is 17.1. The summed E-state index contributed by atoms with van der Waals surface area (Å²) < 4.78 is 4.89. The number of nitrogens with zero attached hydrogens (tertiary/aromatic N) is 2. The molecule has 6 heteroatoms. The van der Waals surface area contributed by atoms with E-state index in [0.29, 0.717) is 11.6 Å². The van der Waals surface area contributed by atoms with Gasteiger partial charge in [-0.3, -0.25) is 0 Å². The van der Waals surface area contributed by atoms with E-state index in [1.165, 1.54) is 31.6 Å². The summed E-state index contributed by atoms with van der Waals surface area (Å²) in [6.45, 7) is 0. The lowest BCUT2D eigenvalue weighted by Crippen LogP contribution is -2.05. The Kier molecular flexibility index (Phi) is 3.42. The normalized spacial score (nSPS) is 10.4. The maximum atomic E-state index is 8.56. The van der Waals surface area contributed by atoms with E-state index in [9.17, 15) is 0 Å². The van der Waals surface area contributed by atoms with Gasteiger partial charge < -0.3 is 14.8 Å². The van der Waals surface area contributed by atoms with Crippen molar-refractivity contribution >= 4 is 13.2 Å². The van der Waals surface area contributed by atoms with Gasteiger partial charge in [0.1, 0.15) is 5.69 Å². The lowest BCUT2D eigenvalue weighted by molar-refractivity contribution is 0.394. The van der Waals surface area contributed by atoms with Crippen molar-refractivity contribution in [2.75, 3.05) is 7.11 Å². The van der Waals surface area contributed by atoms with Gasteiger partial charge in [0.15, 0.2) is 0 Å². The summed E-state index contributed by atoms with van der Waals surface area (Å²) in [4.78, 5) is 7.80. The maximum absolute atomic E-state index is 8.56. The summed E-state index contributed by atoms with van der Waals surface area (Å²) in [5.74, 6) is 1.52. The highest BCUT2D eigenvalue weighted by atomic mass is 16.5. The van der Waals surface area contributed by atoms with E-state index >= 15 is 0 Å². The molecule has 0 aliphatic carbocycles. The lowest BCUT2D eigenvalue weighted by atomic mass is 9.91. The van der Waals surface area contributed by atoms with E-state index in [4.69, 9.17) is 14.8 Å². The monoisotopic (exact) mass is 180 g/mol. The summed E-state index contributed by atoms with van der Waals surface area (Å²) in [6, 6.07) is 0. The Morgan fingerprint density at radius 3 is 2.69 bits per heavy atom. The van der Waals surface area contributed by atoms with E-state index in [2.05, 4.69) is 9.97 Å². The van der Waals surface area contributed by atoms with Crippen LogP contribution < -0.4 is 4.74 Å². The van der Waals surface area contributed by atoms with Crippen LogP contribution in [0.25, 0.3) is 6.08 Å². The third-order valence-corrected chi connectivity index (χ3v) is 1.31. The quantitative estimate of drug-likeness (QED) is 0.613. The Labute approximate surface area is 75.9 Å². The van der Waals surface area contributed by atoms with Crippen molar-refractivity contribution in [3.8, 4) is 5.88 Å². The van der Waals surface area contributed by atoms with Gasteiger partial charge in [0.05, 0.1) is 7.11 Å². The molecule has 68 valence electrons. The Morgan fingerprint density at radius 1 is 1.38 bits per heavy atom. The van der Waals surface area contributed by atoms with Crippen LogP contribution in [0, 0.1) is 0 Å². The Hall–Kier alpha value is -1.40. The first kappa shape index (κ1) is 9.69. The molecule has 0 aliphatic rings. The van der Waals surface area contributed by atoms with Gasteiger partial charge in [0, 0.05) is 12.4 Å². The molecule has 0 spiro atoms. The average molecular weight is 180 g/mol. The van der Waals surface area contributed by atoms with Crippen LogP contribution in [0.4, 0.5) is 0 Å². The van der Waals surface area contributed by atoms with Crippen LogP contribution >= 0.6 is 0 Å². The van der Waals surface area contributed by atoms with Crippen molar-refractivity contribution in [3.05, 3.63) is 24.1 Å². The Balaban J connectivity index is 2.87. The van der Waals surface area contributed by atoms with Crippen molar-refractivity contribution in [2.45, 2.75) is 0 Å². The molecule has 1 aromatic heterocycles. The molecule has 1 aromatic rings. The molecular weight excluding hydrogens is 171 g/mol. The first-order chi connectivity index (χ1) is 6.24. The van der Waals surface area contributed by atoms with Gasteiger partial charge in [-0.15, -0.1) is 0 Å².